The number of amides is 2. The Balaban J connectivity index is 1.32. The fourth-order valence-corrected chi connectivity index (χ4v) is 7.26. The van der Waals surface area contributed by atoms with E-state index in [0.717, 1.165) is 36.1 Å². The molecule has 0 aliphatic heterocycles. The average molecular weight is 570 g/mol. The minimum Gasteiger partial charge on any atom is -0.478 e. The van der Waals surface area contributed by atoms with Crippen LogP contribution in [0.25, 0.3) is 10.8 Å². The van der Waals surface area contributed by atoms with E-state index in [1.165, 1.54) is 34.0 Å². The van der Waals surface area contributed by atoms with Gasteiger partial charge in [-0.15, -0.1) is 23.1 Å². The summed E-state index contributed by atoms with van der Waals surface area (Å²) in [7, 11) is 0. The molecule has 4 aromatic rings. The Morgan fingerprint density at radius 1 is 1.02 bits per heavy atom. The van der Waals surface area contributed by atoms with Crippen LogP contribution in [0.5, 0.6) is 0 Å². The third-order valence-corrected chi connectivity index (χ3v) is 9.50. The van der Waals surface area contributed by atoms with E-state index in [9.17, 15) is 24.8 Å². The Labute approximate surface area is 240 Å². The smallest absolute Gasteiger partial charge is 0.336 e. The Kier molecular flexibility index (Phi) is 8.19. The van der Waals surface area contributed by atoms with E-state index in [1.807, 2.05) is 13.0 Å². The molecule has 0 spiro atoms. The monoisotopic (exact) mass is 569 g/mol. The number of hydrogen-bond acceptors (Lipinski definition) is 6. The Morgan fingerprint density at radius 2 is 1.75 bits per heavy atom. The number of benzene rings is 3. The zero-order valence-corrected chi connectivity index (χ0v) is 23.5. The van der Waals surface area contributed by atoms with Crippen molar-refractivity contribution < 1.29 is 19.5 Å². The Bertz CT molecular complexity index is 1670. The van der Waals surface area contributed by atoms with E-state index in [1.54, 1.807) is 48.5 Å². The van der Waals surface area contributed by atoms with Gasteiger partial charge in [-0.3, -0.25) is 9.59 Å². The third kappa shape index (κ3) is 5.60. The number of hydrogen-bond donors (Lipinski definition) is 3. The molecule has 0 bridgehead atoms. The zero-order valence-electron chi connectivity index (χ0n) is 21.8. The number of anilines is 2. The van der Waals surface area contributed by atoms with Gasteiger partial charge in [0.05, 0.1) is 16.4 Å². The van der Waals surface area contributed by atoms with Gasteiger partial charge in [0.15, 0.2) is 0 Å². The van der Waals surface area contributed by atoms with Gasteiger partial charge in [0.25, 0.3) is 5.91 Å². The molecule has 3 aromatic carbocycles. The summed E-state index contributed by atoms with van der Waals surface area (Å²) >= 11 is 2.90. The largest absolute Gasteiger partial charge is 0.478 e. The molecule has 1 atom stereocenters. The van der Waals surface area contributed by atoms with Crippen LogP contribution < -0.4 is 10.6 Å². The van der Waals surface area contributed by atoms with Crippen molar-refractivity contribution in [3.63, 3.8) is 0 Å². The maximum absolute atomic E-state index is 13.2. The molecular weight excluding hydrogens is 542 g/mol. The van der Waals surface area contributed by atoms with E-state index in [0.29, 0.717) is 33.4 Å². The van der Waals surface area contributed by atoms with Crippen molar-refractivity contribution in [1.82, 2.24) is 0 Å². The van der Waals surface area contributed by atoms with Crippen LogP contribution in [-0.4, -0.2) is 28.1 Å². The third-order valence-electron chi connectivity index (χ3n) is 6.93. The number of aromatic carboxylic acids is 1. The number of thiophene rings is 1. The van der Waals surface area contributed by atoms with Gasteiger partial charge in [-0.1, -0.05) is 37.3 Å². The molecule has 2 amide bonds. The van der Waals surface area contributed by atoms with Gasteiger partial charge in [-0.25, -0.2) is 4.79 Å². The fourth-order valence-electron chi connectivity index (χ4n) is 5.01. The van der Waals surface area contributed by atoms with E-state index in [-0.39, 0.29) is 17.0 Å². The number of nitriles is 1. The molecule has 1 unspecified atom stereocenters. The van der Waals surface area contributed by atoms with Crippen LogP contribution in [0.4, 0.5) is 10.7 Å². The Morgan fingerprint density at radius 3 is 2.48 bits per heavy atom. The van der Waals surface area contributed by atoms with Gasteiger partial charge < -0.3 is 15.7 Å². The number of nitrogens with zero attached hydrogens (tertiary/aromatic N) is 1. The molecule has 1 aliphatic carbocycles. The van der Waals surface area contributed by atoms with E-state index >= 15 is 0 Å². The van der Waals surface area contributed by atoms with Crippen LogP contribution in [0, 0.1) is 11.3 Å². The minimum atomic E-state index is -1.10. The van der Waals surface area contributed by atoms with Gasteiger partial charge in [0.1, 0.15) is 11.1 Å². The number of rotatable bonds is 8. The maximum Gasteiger partial charge on any atom is 0.336 e. The summed E-state index contributed by atoms with van der Waals surface area (Å²) in [6.07, 6.45) is 4.57. The molecule has 40 heavy (non-hydrogen) atoms. The van der Waals surface area contributed by atoms with Crippen molar-refractivity contribution >= 4 is 62.3 Å². The summed E-state index contributed by atoms with van der Waals surface area (Å²) in [5.41, 5.74) is 2.55. The van der Waals surface area contributed by atoms with Crippen molar-refractivity contribution in [3.8, 4) is 6.07 Å². The number of nitrogens with one attached hydrogen (secondary N) is 2. The summed E-state index contributed by atoms with van der Waals surface area (Å²) in [5, 5.41) is 26.6. The van der Waals surface area contributed by atoms with E-state index in [2.05, 4.69) is 16.7 Å². The minimum absolute atomic E-state index is 0.0653. The second kappa shape index (κ2) is 11.9. The summed E-state index contributed by atoms with van der Waals surface area (Å²) in [6.45, 7) is 1.94. The highest BCUT2D eigenvalue weighted by molar-refractivity contribution is 8.00. The molecule has 9 heteroatoms. The molecule has 5 rings (SSSR count). The maximum atomic E-state index is 13.2. The normalized spacial score (nSPS) is 13.2. The number of carbonyl (C=O) groups excluding carboxylic acids is 2. The number of thioether (sulfide) groups is 1. The lowest BCUT2D eigenvalue weighted by atomic mass is 9.96. The fraction of sp³-hybridized carbons (Fsp3) is 0.226. The highest BCUT2D eigenvalue weighted by Gasteiger charge is 2.25. The second-order valence-corrected chi connectivity index (χ2v) is 11.9. The number of carboxylic acids is 1. The van der Waals surface area contributed by atoms with Crippen molar-refractivity contribution in [2.24, 2.45) is 0 Å². The number of carbonyl (C=O) groups is 3. The van der Waals surface area contributed by atoms with Crippen LogP contribution in [-0.2, 0) is 17.6 Å². The highest BCUT2D eigenvalue weighted by atomic mass is 32.2. The van der Waals surface area contributed by atoms with Crippen molar-refractivity contribution in [3.05, 3.63) is 87.8 Å². The molecule has 0 radical (unpaired) electrons. The molecule has 1 heterocycles. The summed E-state index contributed by atoms with van der Waals surface area (Å²) in [4.78, 5) is 40.3. The van der Waals surface area contributed by atoms with Gasteiger partial charge in [-0.2, -0.15) is 5.26 Å². The van der Waals surface area contributed by atoms with Gasteiger partial charge in [0.2, 0.25) is 5.91 Å². The first-order valence-electron chi connectivity index (χ1n) is 13.1. The summed E-state index contributed by atoms with van der Waals surface area (Å²) in [6, 6.07) is 19.5. The van der Waals surface area contributed by atoms with Gasteiger partial charge >= 0.3 is 5.97 Å². The topological polar surface area (TPSA) is 119 Å². The molecule has 1 aromatic heterocycles. The molecule has 202 valence electrons. The molecule has 1 aliphatic rings. The number of fused-ring (bicyclic) bond motifs is 2. The van der Waals surface area contributed by atoms with Crippen LogP contribution in [0.1, 0.15) is 62.9 Å². The molecule has 0 saturated heterocycles. The molecule has 7 nitrogen and oxygen atoms in total. The zero-order chi connectivity index (χ0) is 28.2. The predicted octanol–water partition coefficient (Wildman–Crippen LogP) is 7.11. The van der Waals surface area contributed by atoms with E-state index < -0.39 is 17.1 Å². The number of aryl methyl sites for hydroxylation is 1. The van der Waals surface area contributed by atoms with Crippen molar-refractivity contribution in [2.45, 2.75) is 49.2 Å². The molecule has 0 saturated carbocycles. The lowest BCUT2D eigenvalue weighted by Crippen LogP contribution is -2.24. The average Bonchev–Trinajstić information content (AvgIpc) is 3.32. The number of carboxylic acid groups (broad SMARTS) is 1. The molecule has 0 fully saturated rings. The van der Waals surface area contributed by atoms with Crippen molar-refractivity contribution in [1.29, 1.82) is 5.26 Å². The highest BCUT2D eigenvalue weighted by Crippen LogP contribution is 2.38. The van der Waals surface area contributed by atoms with Crippen LogP contribution >= 0.6 is 23.1 Å². The van der Waals surface area contributed by atoms with Crippen molar-refractivity contribution in [2.75, 3.05) is 10.6 Å². The van der Waals surface area contributed by atoms with Gasteiger partial charge in [-0.05, 0) is 73.4 Å². The van der Waals surface area contributed by atoms with Gasteiger partial charge in [0, 0.05) is 26.4 Å². The SMILES string of the molecule is CCC(Sc1cccc(NC(=O)c2cccc3cccc(C(=O)O)c23)c1)C(=O)Nc1sc2c(c1C#N)CCCC2. The van der Waals surface area contributed by atoms with Crippen LogP contribution in [0.2, 0.25) is 0 Å². The summed E-state index contributed by atoms with van der Waals surface area (Å²) in [5.74, 6) is -1.68. The van der Waals surface area contributed by atoms with Crippen LogP contribution in [0.3, 0.4) is 0 Å². The Hall–Kier alpha value is -4.13. The predicted molar refractivity (Wildman–Crippen MR) is 160 cm³/mol. The molecular formula is C31H27N3O4S2. The lowest BCUT2D eigenvalue weighted by molar-refractivity contribution is -0.115. The lowest BCUT2D eigenvalue weighted by Gasteiger charge is -2.15. The van der Waals surface area contributed by atoms with Crippen LogP contribution in [0.15, 0.2) is 65.6 Å². The first kappa shape index (κ1) is 27.4. The second-order valence-electron chi connectivity index (χ2n) is 9.53. The standard InChI is InChI=1S/C31H27N3O4S2/c1-2-25(29(36)34-30-24(17-32)21-12-3-4-15-26(21)40-30)39-20-11-7-10-19(16-20)33-28(35)22-13-5-8-18-9-6-14-23(27(18)22)31(37)38/h5-11,13-14,16,25H,2-4,12,15H2,1H3,(H,33,35)(H,34,36)(H,37,38). The first-order chi connectivity index (χ1) is 19.4. The summed E-state index contributed by atoms with van der Waals surface area (Å²) < 4.78 is 0. The molecule has 3 N–H and O–H groups in total. The quantitative estimate of drug-likeness (QED) is 0.195. The first-order valence-corrected chi connectivity index (χ1v) is 14.8. The van der Waals surface area contributed by atoms with E-state index in [4.69, 9.17) is 0 Å².